The Kier molecular flexibility index (Phi) is 4.93. The first-order valence-corrected chi connectivity index (χ1v) is 10.7. The monoisotopic (exact) mass is 412 g/mol. The second-order valence-electron chi connectivity index (χ2n) is 7.27. The Morgan fingerprint density at radius 1 is 1.04 bits per heavy atom. The van der Waals surface area contributed by atoms with Crippen molar-refractivity contribution in [1.82, 2.24) is 9.27 Å². The summed E-state index contributed by atoms with van der Waals surface area (Å²) < 4.78 is 5.95. The molecule has 2 aliphatic rings. The van der Waals surface area contributed by atoms with Crippen LogP contribution in [0.4, 0.5) is 5.82 Å². The number of oxime groups is 1. The number of rotatable bonds is 4. The first-order chi connectivity index (χ1) is 13.8. The van der Waals surface area contributed by atoms with Crippen LogP contribution in [-0.4, -0.2) is 53.8 Å². The fourth-order valence-corrected chi connectivity index (χ4v) is 4.79. The quantitative estimate of drug-likeness (QED) is 0.641. The Bertz CT molecular complexity index is 995. The zero-order chi connectivity index (χ0) is 18.9. The minimum atomic E-state index is 0.123. The highest BCUT2D eigenvalue weighted by Crippen LogP contribution is 2.30. The van der Waals surface area contributed by atoms with Gasteiger partial charge in [0.05, 0.1) is 10.4 Å². The molecule has 0 amide bonds. The number of nitrogens with zero attached hydrogens (tertiary/aromatic N) is 4. The van der Waals surface area contributed by atoms with E-state index in [2.05, 4.69) is 39.2 Å². The number of anilines is 1. The topological polar surface area (TPSA) is 41.0 Å². The largest absolute Gasteiger partial charge is 0.390 e. The summed E-state index contributed by atoms with van der Waals surface area (Å²) in [6, 6.07) is 16.3. The SMILES string of the molecule is Clc1ccc(C2=NOC(CN3CCN(c4nsc5ccccc45)CC3)C2)cc1. The normalized spacial score (nSPS) is 20.4. The molecule has 5 nitrogen and oxygen atoms in total. The predicted molar refractivity (Wildman–Crippen MR) is 116 cm³/mol. The van der Waals surface area contributed by atoms with E-state index >= 15 is 0 Å². The summed E-state index contributed by atoms with van der Waals surface area (Å²) in [5, 5.41) is 6.31. The van der Waals surface area contributed by atoms with Crippen LogP contribution < -0.4 is 4.90 Å². The molecule has 144 valence electrons. The van der Waals surface area contributed by atoms with Gasteiger partial charge in [-0.1, -0.05) is 41.0 Å². The van der Waals surface area contributed by atoms with Crippen LogP contribution in [0, 0.1) is 0 Å². The van der Waals surface area contributed by atoms with E-state index in [1.54, 1.807) is 11.5 Å². The number of halogens is 1. The standard InChI is InChI=1S/C21H21ClN4OS/c22-16-7-5-15(6-8-16)19-13-17(27-23-19)14-25-9-11-26(12-10-25)21-18-3-1-2-4-20(18)28-24-21/h1-8,17H,9-14H2. The number of benzene rings is 2. The molecule has 0 N–H and O–H groups in total. The molecule has 0 aliphatic carbocycles. The van der Waals surface area contributed by atoms with Crippen LogP contribution in [0.5, 0.6) is 0 Å². The average Bonchev–Trinajstić information content (AvgIpc) is 3.36. The number of piperazine rings is 1. The second kappa shape index (κ2) is 7.70. The van der Waals surface area contributed by atoms with Gasteiger partial charge in [0.2, 0.25) is 0 Å². The van der Waals surface area contributed by atoms with Crippen molar-refractivity contribution in [3.05, 3.63) is 59.1 Å². The lowest BCUT2D eigenvalue weighted by Crippen LogP contribution is -2.48. The Morgan fingerprint density at radius 2 is 1.82 bits per heavy atom. The molecule has 0 saturated carbocycles. The van der Waals surface area contributed by atoms with Gasteiger partial charge >= 0.3 is 0 Å². The van der Waals surface area contributed by atoms with Crippen LogP contribution in [0.25, 0.3) is 10.1 Å². The van der Waals surface area contributed by atoms with E-state index in [1.165, 1.54) is 10.1 Å². The van der Waals surface area contributed by atoms with E-state index in [9.17, 15) is 0 Å². The molecule has 5 rings (SSSR count). The maximum absolute atomic E-state index is 5.97. The van der Waals surface area contributed by atoms with Crippen molar-refractivity contribution in [1.29, 1.82) is 0 Å². The molecule has 1 fully saturated rings. The summed E-state index contributed by atoms with van der Waals surface area (Å²) in [6.07, 6.45) is 0.968. The zero-order valence-corrected chi connectivity index (χ0v) is 17.0. The second-order valence-corrected chi connectivity index (χ2v) is 8.51. The van der Waals surface area contributed by atoms with E-state index in [4.69, 9.17) is 20.8 Å². The summed E-state index contributed by atoms with van der Waals surface area (Å²) >= 11 is 7.56. The molecule has 28 heavy (non-hydrogen) atoms. The van der Waals surface area contributed by atoms with E-state index in [-0.39, 0.29) is 6.10 Å². The maximum Gasteiger partial charge on any atom is 0.150 e. The minimum absolute atomic E-state index is 0.123. The van der Waals surface area contributed by atoms with Crippen molar-refractivity contribution in [2.75, 3.05) is 37.6 Å². The van der Waals surface area contributed by atoms with Crippen LogP contribution >= 0.6 is 23.1 Å². The van der Waals surface area contributed by atoms with Crippen LogP contribution in [0.2, 0.25) is 5.02 Å². The molecule has 2 aromatic carbocycles. The van der Waals surface area contributed by atoms with Gasteiger partial charge in [0, 0.05) is 49.6 Å². The summed E-state index contributed by atoms with van der Waals surface area (Å²) in [5.74, 6) is 1.13. The smallest absolute Gasteiger partial charge is 0.150 e. The Labute approximate surface area is 173 Å². The molecule has 3 heterocycles. The first kappa shape index (κ1) is 17.9. The van der Waals surface area contributed by atoms with E-state index in [1.807, 2.05) is 24.3 Å². The van der Waals surface area contributed by atoms with E-state index in [0.717, 1.165) is 61.3 Å². The zero-order valence-electron chi connectivity index (χ0n) is 15.4. The number of aromatic nitrogens is 1. The van der Waals surface area contributed by atoms with Gasteiger partial charge in [-0.2, -0.15) is 4.37 Å². The summed E-state index contributed by atoms with van der Waals surface area (Å²) in [7, 11) is 0. The van der Waals surface area contributed by atoms with Crippen molar-refractivity contribution in [2.45, 2.75) is 12.5 Å². The Morgan fingerprint density at radius 3 is 2.64 bits per heavy atom. The van der Waals surface area contributed by atoms with E-state index < -0.39 is 0 Å². The molecule has 1 atom stereocenters. The predicted octanol–water partition coefficient (Wildman–Crippen LogP) is 4.26. The number of fused-ring (bicyclic) bond motifs is 1. The summed E-state index contributed by atoms with van der Waals surface area (Å²) in [5.41, 5.74) is 2.10. The lowest BCUT2D eigenvalue weighted by atomic mass is 10.0. The molecule has 0 spiro atoms. The first-order valence-electron chi connectivity index (χ1n) is 9.56. The van der Waals surface area contributed by atoms with Crippen LogP contribution in [0.3, 0.4) is 0 Å². The van der Waals surface area contributed by atoms with Crippen molar-refractivity contribution in [3.8, 4) is 0 Å². The summed E-state index contributed by atoms with van der Waals surface area (Å²) in [4.78, 5) is 10.6. The third-order valence-corrected chi connectivity index (χ3v) is 6.47. The van der Waals surface area contributed by atoms with Gasteiger partial charge in [-0.3, -0.25) is 4.90 Å². The van der Waals surface area contributed by atoms with Crippen molar-refractivity contribution < 1.29 is 4.84 Å². The highest BCUT2D eigenvalue weighted by Gasteiger charge is 2.27. The minimum Gasteiger partial charge on any atom is -0.390 e. The third kappa shape index (κ3) is 3.60. The van der Waals surface area contributed by atoms with Gasteiger partial charge in [0.1, 0.15) is 11.9 Å². The number of hydrogen-bond acceptors (Lipinski definition) is 6. The van der Waals surface area contributed by atoms with Crippen LogP contribution in [0.15, 0.2) is 53.7 Å². The van der Waals surface area contributed by atoms with Crippen molar-refractivity contribution >= 4 is 44.7 Å². The van der Waals surface area contributed by atoms with Gasteiger partial charge in [0.15, 0.2) is 0 Å². The highest BCUT2D eigenvalue weighted by atomic mass is 35.5. The Balaban J connectivity index is 1.16. The van der Waals surface area contributed by atoms with Gasteiger partial charge in [-0.15, -0.1) is 0 Å². The average molecular weight is 413 g/mol. The molecule has 7 heteroatoms. The van der Waals surface area contributed by atoms with Crippen molar-refractivity contribution in [2.24, 2.45) is 5.16 Å². The molecule has 1 unspecified atom stereocenters. The molecule has 0 bridgehead atoms. The van der Waals surface area contributed by atoms with Crippen LogP contribution in [-0.2, 0) is 4.84 Å². The molecular formula is C21H21ClN4OS. The van der Waals surface area contributed by atoms with Gasteiger partial charge in [-0.25, -0.2) is 0 Å². The van der Waals surface area contributed by atoms with Gasteiger partial charge in [-0.05, 0) is 41.4 Å². The molecule has 0 radical (unpaired) electrons. The fourth-order valence-electron chi connectivity index (χ4n) is 3.87. The molecule has 2 aliphatic heterocycles. The van der Waals surface area contributed by atoms with Gasteiger partial charge in [0.25, 0.3) is 0 Å². The lowest BCUT2D eigenvalue weighted by molar-refractivity contribution is 0.0510. The van der Waals surface area contributed by atoms with Gasteiger partial charge < -0.3 is 9.74 Å². The lowest BCUT2D eigenvalue weighted by Gasteiger charge is -2.35. The fraction of sp³-hybridized carbons (Fsp3) is 0.333. The molecular weight excluding hydrogens is 392 g/mol. The maximum atomic E-state index is 5.97. The van der Waals surface area contributed by atoms with Crippen molar-refractivity contribution in [3.63, 3.8) is 0 Å². The molecule has 1 aromatic heterocycles. The number of hydrogen-bond donors (Lipinski definition) is 0. The highest BCUT2D eigenvalue weighted by molar-refractivity contribution is 7.13. The molecule has 3 aromatic rings. The van der Waals surface area contributed by atoms with Crippen LogP contribution in [0.1, 0.15) is 12.0 Å². The summed E-state index contributed by atoms with van der Waals surface area (Å²) in [6.45, 7) is 4.92. The van der Waals surface area contributed by atoms with E-state index in [0.29, 0.717) is 0 Å². The molecule has 1 saturated heterocycles. The third-order valence-electron chi connectivity index (χ3n) is 5.40. The Hall–Kier alpha value is -2.15.